The van der Waals surface area contributed by atoms with E-state index in [1.54, 1.807) is 17.3 Å². The van der Waals surface area contributed by atoms with Gasteiger partial charge in [-0.1, -0.05) is 23.7 Å². The zero-order valence-electron chi connectivity index (χ0n) is 13.1. The Morgan fingerprint density at radius 2 is 1.96 bits per heavy atom. The Balaban J connectivity index is 1.71. The van der Waals surface area contributed by atoms with E-state index in [1.807, 2.05) is 31.2 Å². The molecule has 1 saturated heterocycles. The van der Waals surface area contributed by atoms with E-state index in [2.05, 4.69) is 9.97 Å². The van der Waals surface area contributed by atoms with Gasteiger partial charge in [0, 0.05) is 24.0 Å². The van der Waals surface area contributed by atoms with Gasteiger partial charge in [-0.3, -0.25) is 9.59 Å². The van der Waals surface area contributed by atoms with Gasteiger partial charge < -0.3 is 14.9 Å². The summed E-state index contributed by atoms with van der Waals surface area (Å²) in [5, 5.41) is 1.11. The van der Waals surface area contributed by atoms with Crippen LogP contribution in [0.4, 0.5) is 0 Å². The summed E-state index contributed by atoms with van der Waals surface area (Å²) in [6.07, 6.45) is 4.19. The van der Waals surface area contributed by atoms with Crippen molar-refractivity contribution >= 4 is 28.4 Å². The number of aromatic amines is 2. The highest BCUT2D eigenvalue weighted by molar-refractivity contribution is 6.30. The van der Waals surface area contributed by atoms with Crippen LogP contribution in [0.25, 0.3) is 10.9 Å². The minimum absolute atomic E-state index is 0.0311. The van der Waals surface area contributed by atoms with Crippen LogP contribution in [0.2, 0.25) is 5.02 Å². The van der Waals surface area contributed by atoms with Gasteiger partial charge in [0.25, 0.3) is 11.5 Å². The molecular weight excluding hydrogens is 326 g/mol. The normalized spacial score (nSPS) is 17.1. The quantitative estimate of drug-likeness (QED) is 0.750. The van der Waals surface area contributed by atoms with E-state index in [0.717, 1.165) is 17.5 Å². The number of pyridine rings is 1. The Bertz CT molecular complexity index is 988. The highest BCUT2D eigenvalue weighted by Crippen LogP contribution is 2.35. The summed E-state index contributed by atoms with van der Waals surface area (Å²) in [6, 6.07) is 7.58. The number of aryl methyl sites for hydroxylation is 1. The number of benzene rings is 1. The van der Waals surface area contributed by atoms with Crippen LogP contribution in [0.15, 0.2) is 41.5 Å². The topological polar surface area (TPSA) is 69.0 Å². The van der Waals surface area contributed by atoms with Crippen LogP contribution in [0, 0.1) is 6.92 Å². The molecule has 0 spiro atoms. The standard InChI is InChI=1S/C18H16ClN3O2/c1-10-8-21-17(23)15-13(9-20-16(10)15)18(24)22-7-6-14(22)11-2-4-12(19)5-3-11/h2-5,8-9,14,20H,6-7H2,1H3,(H,21,23). The molecule has 1 aliphatic rings. The fourth-order valence-electron chi connectivity index (χ4n) is 3.27. The fraction of sp³-hybridized carbons (Fsp3) is 0.222. The Morgan fingerprint density at radius 3 is 2.62 bits per heavy atom. The number of fused-ring (bicyclic) bond motifs is 1. The first kappa shape index (κ1) is 15.0. The predicted molar refractivity (Wildman–Crippen MR) is 93.5 cm³/mol. The summed E-state index contributed by atoms with van der Waals surface area (Å²) < 4.78 is 0. The molecule has 0 bridgehead atoms. The van der Waals surface area contributed by atoms with E-state index in [-0.39, 0.29) is 17.5 Å². The molecule has 24 heavy (non-hydrogen) atoms. The van der Waals surface area contributed by atoms with Gasteiger partial charge in [-0.25, -0.2) is 0 Å². The number of amides is 1. The number of carbonyl (C=O) groups excluding carboxylic acids is 1. The lowest BCUT2D eigenvalue weighted by atomic mass is 9.93. The Labute approximate surface area is 143 Å². The van der Waals surface area contributed by atoms with Crippen LogP contribution in [0.5, 0.6) is 0 Å². The van der Waals surface area contributed by atoms with Gasteiger partial charge in [0.1, 0.15) is 0 Å². The minimum Gasteiger partial charge on any atom is -0.360 e. The van der Waals surface area contributed by atoms with Crippen LogP contribution in [0.1, 0.15) is 33.9 Å². The maximum absolute atomic E-state index is 12.9. The predicted octanol–water partition coefficient (Wildman–Crippen LogP) is 3.41. The summed E-state index contributed by atoms with van der Waals surface area (Å²) in [6.45, 7) is 2.58. The number of H-pyrrole nitrogens is 2. The molecule has 2 aromatic heterocycles. The molecule has 122 valence electrons. The smallest absolute Gasteiger partial charge is 0.258 e. The van der Waals surface area contributed by atoms with Gasteiger partial charge in [0.05, 0.1) is 22.5 Å². The Kier molecular flexibility index (Phi) is 3.46. The van der Waals surface area contributed by atoms with Crippen molar-refractivity contribution in [3.63, 3.8) is 0 Å². The lowest BCUT2D eigenvalue weighted by Gasteiger charge is -2.41. The average Bonchev–Trinajstić information content (AvgIpc) is 2.98. The Morgan fingerprint density at radius 1 is 1.21 bits per heavy atom. The first-order valence-electron chi connectivity index (χ1n) is 7.82. The zero-order chi connectivity index (χ0) is 16.8. The molecule has 0 radical (unpaired) electrons. The molecule has 1 unspecified atom stereocenters. The van der Waals surface area contributed by atoms with Crippen LogP contribution in [-0.2, 0) is 0 Å². The van der Waals surface area contributed by atoms with Crippen LogP contribution in [-0.4, -0.2) is 27.3 Å². The van der Waals surface area contributed by atoms with Crippen molar-refractivity contribution in [1.82, 2.24) is 14.9 Å². The van der Waals surface area contributed by atoms with E-state index in [4.69, 9.17) is 11.6 Å². The molecule has 1 aliphatic heterocycles. The molecule has 0 aliphatic carbocycles. The van der Waals surface area contributed by atoms with E-state index in [1.165, 1.54) is 0 Å². The summed E-state index contributed by atoms with van der Waals surface area (Å²) in [5.74, 6) is -0.122. The number of nitrogens with one attached hydrogen (secondary N) is 2. The van der Waals surface area contributed by atoms with Crippen molar-refractivity contribution in [3.05, 3.63) is 68.7 Å². The third-order valence-corrected chi connectivity index (χ3v) is 4.94. The second-order valence-electron chi connectivity index (χ2n) is 6.11. The number of aromatic nitrogens is 2. The molecule has 1 atom stereocenters. The zero-order valence-corrected chi connectivity index (χ0v) is 13.9. The van der Waals surface area contributed by atoms with Crippen molar-refractivity contribution in [2.24, 2.45) is 0 Å². The lowest BCUT2D eigenvalue weighted by molar-refractivity contribution is 0.0462. The first-order valence-corrected chi connectivity index (χ1v) is 8.20. The molecule has 6 heteroatoms. The number of nitrogens with zero attached hydrogens (tertiary/aromatic N) is 1. The molecule has 1 fully saturated rings. The van der Waals surface area contributed by atoms with Gasteiger partial charge in [-0.05, 0) is 36.6 Å². The summed E-state index contributed by atoms with van der Waals surface area (Å²) >= 11 is 5.93. The molecule has 5 nitrogen and oxygen atoms in total. The van der Waals surface area contributed by atoms with E-state index < -0.39 is 0 Å². The molecule has 3 aromatic rings. The van der Waals surface area contributed by atoms with Crippen molar-refractivity contribution < 1.29 is 4.79 Å². The SMILES string of the molecule is Cc1c[nH]c(=O)c2c(C(=O)N3CCC3c3ccc(Cl)cc3)c[nH]c12. The molecule has 1 aromatic carbocycles. The fourth-order valence-corrected chi connectivity index (χ4v) is 3.40. The third-order valence-electron chi connectivity index (χ3n) is 4.69. The number of hydrogen-bond acceptors (Lipinski definition) is 2. The summed E-state index contributed by atoms with van der Waals surface area (Å²) in [5.41, 5.74) is 2.86. The maximum atomic E-state index is 12.9. The van der Waals surface area contributed by atoms with Crippen LogP contribution in [0.3, 0.4) is 0 Å². The second kappa shape index (κ2) is 5.53. The third kappa shape index (κ3) is 2.24. The van der Waals surface area contributed by atoms with Gasteiger partial charge in [-0.15, -0.1) is 0 Å². The number of carbonyl (C=O) groups is 1. The van der Waals surface area contributed by atoms with Crippen molar-refractivity contribution in [3.8, 4) is 0 Å². The van der Waals surface area contributed by atoms with E-state index in [9.17, 15) is 9.59 Å². The van der Waals surface area contributed by atoms with Gasteiger partial charge in [0.2, 0.25) is 0 Å². The molecule has 4 rings (SSSR count). The number of rotatable bonds is 2. The number of likely N-dealkylation sites (tertiary alicyclic amines) is 1. The summed E-state index contributed by atoms with van der Waals surface area (Å²) in [7, 11) is 0. The summed E-state index contributed by atoms with van der Waals surface area (Å²) in [4.78, 5) is 32.7. The van der Waals surface area contributed by atoms with Gasteiger partial charge in [0.15, 0.2) is 0 Å². The van der Waals surface area contributed by atoms with Gasteiger partial charge in [-0.2, -0.15) is 0 Å². The highest BCUT2D eigenvalue weighted by atomic mass is 35.5. The van der Waals surface area contributed by atoms with Crippen LogP contribution < -0.4 is 5.56 Å². The minimum atomic E-state index is -0.247. The largest absolute Gasteiger partial charge is 0.360 e. The average molecular weight is 342 g/mol. The molecule has 1 amide bonds. The monoisotopic (exact) mass is 341 g/mol. The maximum Gasteiger partial charge on any atom is 0.258 e. The number of halogens is 1. The lowest BCUT2D eigenvalue weighted by Crippen LogP contribution is -2.45. The number of hydrogen-bond donors (Lipinski definition) is 2. The Hall–Kier alpha value is -2.53. The van der Waals surface area contributed by atoms with E-state index in [0.29, 0.717) is 28.0 Å². The van der Waals surface area contributed by atoms with Crippen LogP contribution >= 0.6 is 11.6 Å². The second-order valence-corrected chi connectivity index (χ2v) is 6.54. The molecule has 2 N–H and O–H groups in total. The molecular formula is C18H16ClN3O2. The van der Waals surface area contributed by atoms with Crippen molar-refractivity contribution in [2.45, 2.75) is 19.4 Å². The van der Waals surface area contributed by atoms with Crippen molar-refractivity contribution in [2.75, 3.05) is 6.54 Å². The first-order chi connectivity index (χ1) is 11.6. The highest BCUT2D eigenvalue weighted by Gasteiger charge is 2.35. The van der Waals surface area contributed by atoms with Crippen molar-refractivity contribution in [1.29, 1.82) is 0 Å². The van der Waals surface area contributed by atoms with Gasteiger partial charge >= 0.3 is 0 Å². The van der Waals surface area contributed by atoms with E-state index >= 15 is 0 Å². The molecule has 0 saturated carbocycles. The molecule has 3 heterocycles.